The van der Waals surface area contributed by atoms with E-state index < -0.39 is 0 Å². The first-order valence-corrected chi connectivity index (χ1v) is 9.45. The Morgan fingerprint density at radius 3 is 2.56 bits per heavy atom. The van der Waals surface area contributed by atoms with Gasteiger partial charge in [0.25, 0.3) is 0 Å². The number of thioether (sulfide) groups is 1. The summed E-state index contributed by atoms with van der Waals surface area (Å²) in [5.41, 5.74) is 2.41. The van der Waals surface area contributed by atoms with E-state index in [4.69, 9.17) is 14.5 Å². The molecule has 2 aromatic carbocycles. The number of hydrogen-bond acceptors (Lipinski definition) is 5. The summed E-state index contributed by atoms with van der Waals surface area (Å²) in [5, 5.41) is 1.12. The van der Waals surface area contributed by atoms with Crippen molar-refractivity contribution in [3.05, 3.63) is 59.7 Å². The molecule has 0 amide bonds. The molecule has 5 heteroatoms. The van der Waals surface area contributed by atoms with Crippen molar-refractivity contribution in [1.29, 1.82) is 0 Å². The second kappa shape index (κ2) is 8.81. The maximum Gasteiger partial charge on any atom is 0.159 e. The van der Waals surface area contributed by atoms with Gasteiger partial charge in [0.2, 0.25) is 0 Å². The third-order valence-electron chi connectivity index (χ3n) is 4.12. The van der Waals surface area contributed by atoms with Crippen LogP contribution in [0.25, 0.3) is 0 Å². The van der Waals surface area contributed by atoms with E-state index in [0.29, 0.717) is 0 Å². The van der Waals surface area contributed by atoms with Gasteiger partial charge in [-0.2, -0.15) is 0 Å². The molecule has 0 spiro atoms. The van der Waals surface area contributed by atoms with Gasteiger partial charge in [-0.15, -0.1) is 0 Å². The van der Waals surface area contributed by atoms with Crippen molar-refractivity contribution in [3.63, 3.8) is 0 Å². The number of methoxy groups -OCH3 is 2. The Labute approximate surface area is 153 Å². The van der Waals surface area contributed by atoms with Gasteiger partial charge in [0.1, 0.15) is 11.5 Å². The molecule has 2 aromatic rings. The lowest BCUT2D eigenvalue weighted by molar-refractivity contribution is 0.370. The van der Waals surface area contributed by atoms with Crippen molar-refractivity contribution in [2.45, 2.75) is 19.5 Å². The van der Waals surface area contributed by atoms with Crippen molar-refractivity contribution < 1.29 is 9.47 Å². The highest BCUT2D eigenvalue weighted by molar-refractivity contribution is 8.13. The second-order valence-corrected chi connectivity index (χ2v) is 6.95. The van der Waals surface area contributed by atoms with Crippen molar-refractivity contribution in [1.82, 2.24) is 4.90 Å². The van der Waals surface area contributed by atoms with Crippen LogP contribution in [-0.4, -0.2) is 36.6 Å². The molecule has 0 aromatic heterocycles. The minimum Gasteiger partial charge on any atom is -0.497 e. The van der Waals surface area contributed by atoms with E-state index >= 15 is 0 Å². The van der Waals surface area contributed by atoms with Crippen LogP contribution in [0.2, 0.25) is 0 Å². The van der Waals surface area contributed by atoms with Crippen LogP contribution < -0.4 is 9.47 Å². The average molecular weight is 356 g/mol. The molecular formula is C20H24N2O2S. The van der Waals surface area contributed by atoms with Gasteiger partial charge >= 0.3 is 0 Å². The Balaban J connectivity index is 1.85. The predicted octanol–water partition coefficient (Wildman–Crippen LogP) is 4.20. The number of rotatable bonds is 6. The number of ether oxygens (including phenoxy) is 2. The van der Waals surface area contributed by atoms with E-state index in [2.05, 4.69) is 35.2 Å². The molecule has 0 unspecified atom stereocenters. The smallest absolute Gasteiger partial charge is 0.159 e. The average Bonchev–Trinajstić information content (AvgIpc) is 2.69. The van der Waals surface area contributed by atoms with Crippen LogP contribution in [0.3, 0.4) is 0 Å². The zero-order valence-electron chi connectivity index (χ0n) is 14.8. The molecule has 1 heterocycles. The van der Waals surface area contributed by atoms with E-state index in [1.54, 1.807) is 14.2 Å². The number of amidine groups is 1. The van der Waals surface area contributed by atoms with E-state index in [1.165, 1.54) is 5.56 Å². The van der Waals surface area contributed by atoms with Gasteiger partial charge in [0.05, 0.1) is 14.2 Å². The minimum absolute atomic E-state index is 0.758. The van der Waals surface area contributed by atoms with Gasteiger partial charge in [0.15, 0.2) is 5.17 Å². The summed E-state index contributed by atoms with van der Waals surface area (Å²) < 4.78 is 10.9. The lowest BCUT2D eigenvalue weighted by Crippen LogP contribution is -2.30. The summed E-state index contributed by atoms with van der Waals surface area (Å²) in [5.74, 6) is 2.78. The molecule has 25 heavy (non-hydrogen) atoms. The molecule has 132 valence electrons. The summed E-state index contributed by atoms with van der Waals surface area (Å²) in [6.45, 7) is 2.50. The van der Waals surface area contributed by atoms with Gasteiger partial charge in [-0.25, -0.2) is 0 Å². The molecular weight excluding hydrogens is 332 g/mol. The first kappa shape index (κ1) is 17.7. The van der Waals surface area contributed by atoms with E-state index in [0.717, 1.165) is 54.0 Å². The summed E-state index contributed by atoms with van der Waals surface area (Å²) in [4.78, 5) is 7.09. The summed E-state index contributed by atoms with van der Waals surface area (Å²) in [6, 6.07) is 16.5. The molecule has 0 aliphatic carbocycles. The highest BCUT2D eigenvalue weighted by atomic mass is 32.2. The Morgan fingerprint density at radius 2 is 1.88 bits per heavy atom. The molecule has 1 aliphatic rings. The van der Waals surface area contributed by atoms with E-state index in [9.17, 15) is 0 Å². The fraction of sp³-hybridized carbons (Fsp3) is 0.350. The topological polar surface area (TPSA) is 34.1 Å². The largest absolute Gasteiger partial charge is 0.497 e. The van der Waals surface area contributed by atoms with Crippen LogP contribution in [0, 0.1) is 0 Å². The molecule has 0 saturated heterocycles. The molecule has 0 bridgehead atoms. The lowest BCUT2D eigenvalue weighted by Gasteiger charge is -2.28. The molecule has 4 nitrogen and oxygen atoms in total. The first-order valence-electron chi connectivity index (χ1n) is 8.47. The maximum atomic E-state index is 5.57. The maximum absolute atomic E-state index is 5.57. The molecule has 0 saturated carbocycles. The van der Waals surface area contributed by atoms with Crippen molar-refractivity contribution in [2.24, 2.45) is 4.99 Å². The van der Waals surface area contributed by atoms with E-state index in [1.807, 2.05) is 30.0 Å². The quantitative estimate of drug-likeness (QED) is 0.777. The van der Waals surface area contributed by atoms with Gasteiger partial charge in [-0.05, 0) is 24.1 Å². The Bertz CT molecular complexity index is 719. The highest BCUT2D eigenvalue weighted by Crippen LogP contribution is 2.28. The van der Waals surface area contributed by atoms with Crippen LogP contribution in [0.4, 0.5) is 0 Å². The number of nitrogens with zero attached hydrogens (tertiary/aromatic N) is 2. The van der Waals surface area contributed by atoms with Gasteiger partial charge in [-0.1, -0.05) is 42.1 Å². The number of benzene rings is 2. The zero-order chi connectivity index (χ0) is 17.5. The number of hydrogen-bond donors (Lipinski definition) is 0. The van der Waals surface area contributed by atoms with Crippen molar-refractivity contribution in [2.75, 3.05) is 26.5 Å². The molecule has 1 aliphatic heterocycles. The molecule has 3 rings (SSSR count). The van der Waals surface area contributed by atoms with Crippen LogP contribution >= 0.6 is 11.8 Å². The third kappa shape index (κ3) is 4.69. The fourth-order valence-electron chi connectivity index (χ4n) is 2.82. The first-order chi connectivity index (χ1) is 12.3. The van der Waals surface area contributed by atoms with E-state index in [-0.39, 0.29) is 0 Å². The highest BCUT2D eigenvalue weighted by Gasteiger charge is 2.18. The molecule has 0 N–H and O–H groups in total. The van der Waals surface area contributed by atoms with Crippen molar-refractivity contribution >= 4 is 16.9 Å². The summed E-state index contributed by atoms with van der Waals surface area (Å²) in [6.07, 6.45) is 1.15. The van der Waals surface area contributed by atoms with Gasteiger partial charge in [-0.3, -0.25) is 4.99 Å². The van der Waals surface area contributed by atoms with Crippen molar-refractivity contribution in [3.8, 4) is 11.5 Å². The van der Waals surface area contributed by atoms with Gasteiger partial charge in [0, 0.05) is 37.0 Å². The predicted molar refractivity (Wildman–Crippen MR) is 105 cm³/mol. The fourth-order valence-corrected chi connectivity index (χ4v) is 3.77. The molecule has 0 radical (unpaired) electrons. The minimum atomic E-state index is 0.758. The normalized spacial score (nSPS) is 13.9. The summed E-state index contributed by atoms with van der Waals surface area (Å²) >= 11 is 1.84. The van der Waals surface area contributed by atoms with Gasteiger partial charge < -0.3 is 14.4 Å². The summed E-state index contributed by atoms with van der Waals surface area (Å²) in [7, 11) is 3.37. The van der Waals surface area contributed by atoms with Crippen LogP contribution in [0.1, 0.15) is 17.5 Å². The lowest BCUT2D eigenvalue weighted by atomic mass is 10.1. The Kier molecular flexibility index (Phi) is 6.23. The monoisotopic (exact) mass is 356 g/mol. The zero-order valence-corrected chi connectivity index (χ0v) is 15.6. The van der Waals surface area contributed by atoms with Crippen LogP contribution in [0.5, 0.6) is 11.5 Å². The molecule has 0 atom stereocenters. The Hall–Kier alpha value is -2.14. The molecule has 0 fully saturated rings. The van der Waals surface area contributed by atoms with Crippen LogP contribution in [-0.2, 0) is 13.1 Å². The SMILES string of the molecule is COc1ccc(CN(Cc2ccccc2)C2=NCCCS2)c(OC)c1. The third-order valence-corrected chi connectivity index (χ3v) is 5.26. The number of aliphatic imine (C=N–C) groups is 1. The Morgan fingerprint density at radius 1 is 1.04 bits per heavy atom. The second-order valence-electron chi connectivity index (χ2n) is 5.89. The van der Waals surface area contributed by atoms with Crippen LogP contribution in [0.15, 0.2) is 53.5 Å². The standard InChI is InChI=1S/C20H24N2O2S/c1-23-18-10-9-17(19(13-18)24-2)15-22(20-21-11-6-12-25-20)14-16-7-4-3-5-8-16/h3-5,7-10,13H,6,11-12,14-15H2,1-2H3.